The highest BCUT2D eigenvalue weighted by atomic mass is 32.1. The first-order valence-electron chi connectivity index (χ1n) is 31.8. The van der Waals surface area contributed by atoms with Gasteiger partial charge in [-0.25, -0.2) is 0 Å². The summed E-state index contributed by atoms with van der Waals surface area (Å²) in [6, 6.07) is 123. The van der Waals surface area contributed by atoms with Crippen molar-refractivity contribution in [3.05, 3.63) is 340 Å². The average Bonchev–Trinajstić information content (AvgIpc) is 1.75. The van der Waals surface area contributed by atoms with Crippen molar-refractivity contribution in [2.45, 2.75) is 0 Å². The van der Waals surface area contributed by atoms with Crippen LogP contribution in [0.4, 0.5) is 56.9 Å². The Hall–Kier alpha value is -12.0. The molecule has 0 radical (unpaired) electrons. The molecule has 2 N–H and O–H groups in total. The van der Waals surface area contributed by atoms with Crippen LogP contribution in [-0.2, 0) is 0 Å². The highest BCUT2D eigenvalue weighted by Gasteiger charge is 2.23. The van der Waals surface area contributed by atoms with Gasteiger partial charge >= 0.3 is 0 Å². The maximum Gasteiger partial charge on any atom is 0.0470 e. The third kappa shape index (κ3) is 9.69. The Labute approximate surface area is 543 Å². The molecule has 1 aromatic heterocycles. The molecule has 2 aliphatic rings. The van der Waals surface area contributed by atoms with E-state index in [-0.39, 0.29) is 0 Å². The molecule has 2 aliphatic heterocycles. The summed E-state index contributed by atoms with van der Waals surface area (Å²) in [6.07, 6.45) is 0. The number of benzene rings is 16. The lowest BCUT2D eigenvalue weighted by Gasteiger charge is -2.26. The van der Waals surface area contributed by atoms with E-state index < -0.39 is 0 Å². The number of nitrogens with one attached hydrogen (secondary N) is 2. The first-order chi connectivity index (χ1) is 46.0. The van der Waals surface area contributed by atoms with E-state index in [2.05, 4.69) is 360 Å². The zero-order chi connectivity index (χ0) is 61.3. The molecule has 0 unspecified atom stereocenters. The molecular weight excluding hydrogens is 1150 g/mol. The molecule has 19 rings (SSSR count). The van der Waals surface area contributed by atoms with E-state index in [9.17, 15) is 0 Å². The van der Waals surface area contributed by atoms with E-state index in [1.54, 1.807) is 0 Å². The van der Waals surface area contributed by atoms with E-state index in [1.807, 2.05) is 11.3 Å². The molecule has 0 bridgehead atoms. The normalized spacial score (nSPS) is 11.8. The minimum atomic E-state index is 1.12. The molecule has 17 aromatic rings. The van der Waals surface area contributed by atoms with Crippen molar-refractivity contribution in [1.29, 1.82) is 0 Å². The molecule has 0 aliphatic carbocycles. The number of thiophene rings is 1. The van der Waals surface area contributed by atoms with Gasteiger partial charge < -0.3 is 20.4 Å². The number of hydrogen-bond acceptors (Lipinski definition) is 5. The quantitative estimate of drug-likeness (QED) is 0.151. The number of rotatable bonds is 9. The Morgan fingerprint density at radius 3 is 1.34 bits per heavy atom. The molecule has 4 nitrogen and oxygen atoms in total. The minimum Gasteiger partial charge on any atom is -0.354 e. The highest BCUT2D eigenvalue weighted by Crippen LogP contribution is 2.50. The standard InChI is InChI=1S/C44H28N2S.C44H30N2/c1-2-12-33(13-3-1)46(35-21-22-43-38(27-35)36-14-6-7-16-42(36)47-43)34-19-17-28(18-20-34)32-23-31-11-8-15-40-44(31)39(25-32)37-24-29-9-4-5-10-30(29)26-41(37)45-40;1-3-10-30(11-4-1)33-14-7-17-39(27-33)46(37-15-5-2-6-16-37)38-24-22-31(23-25-38)34-20-21-35-29-43-41(28-36(35)26-34)40-18-8-12-32-13-9-19-42(45-43)44(32)40/h1-27,45H;1-29,45H. The fourth-order valence-electron chi connectivity index (χ4n) is 14.2. The largest absolute Gasteiger partial charge is 0.354 e. The van der Waals surface area contributed by atoms with Crippen molar-refractivity contribution in [3.8, 4) is 55.6 Å². The third-order valence-electron chi connectivity index (χ3n) is 18.6. The third-order valence-corrected chi connectivity index (χ3v) is 19.8. The summed E-state index contributed by atoms with van der Waals surface area (Å²) < 4.78 is 2.63. The van der Waals surface area contributed by atoms with Gasteiger partial charge in [0.1, 0.15) is 0 Å². The summed E-state index contributed by atoms with van der Waals surface area (Å²) in [6.45, 7) is 0. The first kappa shape index (κ1) is 54.0. The maximum absolute atomic E-state index is 3.72. The van der Waals surface area contributed by atoms with Gasteiger partial charge in [-0.3, -0.25) is 0 Å². The van der Waals surface area contributed by atoms with Crippen molar-refractivity contribution in [2.75, 3.05) is 20.4 Å². The lowest BCUT2D eigenvalue weighted by atomic mass is 9.88. The van der Waals surface area contributed by atoms with E-state index >= 15 is 0 Å². The van der Waals surface area contributed by atoms with Crippen LogP contribution in [0.1, 0.15) is 0 Å². The fourth-order valence-corrected chi connectivity index (χ4v) is 15.3. The van der Waals surface area contributed by atoms with Crippen molar-refractivity contribution in [1.82, 2.24) is 0 Å². The van der Waals surface area contributed by atoms with Crippen molar-refractivity contribution in [2.24, 2.45) is 0 Å². The van der Waals surface area contributed by atoms with E-state index in [1.165, 1.54) is 125 Å². The summed E-state index contributed by atoms with van der Waals surface area (Å²) in [4.78, 5) is 4.69. The van der Waals surface area contributed by atoms with Gasteiger partial charge in [0.05, 0.1) is 0 Å². The summed E-state index contributed by atoms with van der Waals surface area (Å²) in [7, 11) is 0. The molecule has 0 atom stereocenters. The molecule has 16 aromatic carbocycles. The van der Waals surface area contributed by atoms with Crippen LogP contribution in [-0.4, -0.2) is 0 Å². The second-order valence-corrected chi connectivity index (χ2v) is 25.3. The zero-order valence-electron chi connectivity index (χ0n) is 50.6. The van der Waals surface area contributed by atoms with Crippen molar-refractivity contribution < 1.29 is 0 Å². The van der Waals surface area contributed by atoms with Gasteiger partial charge in [-0.1, -0.05) is 200 Å². The number of nitrogens with zero attached hydrogens (tertiary/aromatic N) is 2. The highest BCUT2D eigenvalue weighted by molar-refractivity contribution is 7.25. The molecular formula is C88H58N4S. The van der Waals surface area contributed by atoms with Crippen LogP contribution in [0.25, 0.3) is 119 Å². The van der Waals surface area contributed by atoms with E-state index in [0.717, 1.165) is 51.2 Å². The summed E-state index contributed by atoms with van der Waals surface area (Å²) in [5.74, 6) is 0. The van der Waals surface area contributed by atoms with E-state index in [0.29, 0.717) is 0 Å². The second-order valence-electron chi connectivity index (χ2n) is 24.2. The fraction of sp³-hybridized carbons (Fsp3) is 0. The smallest absolute Gasteiger partial charge is 0.0470 e. The van der Waals surface area contributed by atoms with E-state index in [4.69, 9.17) is 0 Å². The molecule has 0 amide bonds. The SMILES string of the molecule is c1ccc(-c2cccc(N(c3ccccc3)c3ccc(-c4ccc5cc6c(cc5c4)-c4cccc5cccc(c45)N6)cc3)c2)cc1.c1ccc(N(c2ccc(-c3cc4c5c(cccc5c3)Nc3cc5ccccc5cc3-4)cc2)c2ccc3sc4ccccc4c3c2)cc1. The van der Waals surface area contributed by atoms with Crippen LogP contribution in [0.5, 0.6) is 0 Å². The Balaban J connectivity index is 0.000000137. The van der Waals surface area contributed by atoms with Crippen LogP contribution in [0.15, 0.2) is 340 Å². The Kier molecular flexibility index (Phi) is 13.0. The lowest BCUT2D eigenvalue weighted by molar-refractivity contribution is 1.28. The number of anilines is 10. The van der Waals surface area contributed by atoms with Crippen molar-refractivity contribution in [3.63, 3.8) is 0 Å². The van der Waals surface area contributed by atoms with Crippen LogP contribution >= 0.6 is 11.3 Å². The van der Waals surface area contributed by atoms with Crippen LogP contribution < -0.4 is 20.4 Å². The average molecular weight is 1200 g/mol. The first-order valence-corrected chi connectivity index (χ1v) is 32.6. The Morgan fingerprint density at radius 1 is 0.204 bits per heavy atom. The lowest BCUT2D eigenvalue weighted by Crippen LogP contribution is -2.09. The second kappa shape index (κ2) is 22.5. The maximum atomic E-state index is 3.72. The molecule has 93 heavy (non-hydrogen) atoms. The summed E-state index contributed by atoms with van der Waals surface area (Å²) >= 11 is 1.86. The van der Waals surface area contributed by atoms with Gasteiger partial charge in [0.2, 0.25) is 0 Å². The minimum absolute atomic E-state index is 1.12. The summed E-state index contributed by atoms with van der Waals surface area (Å²) in [5, 5.41) is 20.1. The molecule has 3 heterocycles. The van der Waals surface area contributed by atoms with Gasteiger partial charge in [-0.15, -0.1) is 11.3 Å². The van der Waals surface area contributed by atoms with Crippen molar-refractivity contribution >= 4 is 131 Å². The molecule has 5 heteroatoms. The van der Waals surface area contributed by atoms with Gasteiger partial charge in [-0.2, -0.15) is 0 Å². The van der Waals surface area contributed by atoms with Gasteiger partial charge in [0.25, 0.3) is 0 Å². The van der Waals surface area contributed by atoms with Crippen LogP contribution in [0, 0.1) is 0 Å². The van der Waals surface area contributed by atoms with Crippen LogP contribution in [0.3, 0.4) is 0 Å². The molecule has 436 valence electrons. The Morgan fingerprint density at radius 2 is 0.645 bits per heavy atom. The van der Waals surface area contributed by atoms with Gasteiger partial charge in [0, 0.05) is 98.9 Å². The predicted octanol–water partition coefficient (Wildman–Crippen LogP) is 25.7. The topological polar surface area (TPSA) is 30.5 Å². The number of para-hydroxylation sites is 2. The molecule has 0 spiro atoms. The molecule has 0 fully saturated rings. The monoisotopic (exact) mass is 1200 g/mol. The number of hydrogen-bond donors (Lipinski definition) is 2. The Bertz CT molecular complexity index is 5740. The molecule has 0 saturated heterocycles. The van der Waals surface area contributed by atoms with Gasteiger partial charge in [0.15, 0.2) is 0 Å². The molecule has 0 saturated carbocycles. The zero-order valence-corrected chi connectivity index (χ0v) is 51.5. The predicted molar refractivity (Wildman–Crippen MR) is 399 cm³/mol. The van der Waals surface area contributed by atoms with Gasteiger partial charge in [-0.05, 0) is 216 Å². The number of fused-ring (bicyclic) bond motifs is 9. The summed E-state index contributed by atoms with van der Waals surface area (Å²) in [5.41, 5.74) is 23.7. The van der Waals surface area contributed by atoms with Crippen LogP contribution in [0.2, 0.25) is 0 Å².